The van der Waals surface area contributed by atoms with Crippen molar-refractivity contribution in [1.29, 1.82) is 0 Å². The van der Waals surface area contributed by atoms with E-state index in [4.69, 9.17) is 5.11 Å². The van der Waals surface area contributed by atoms with Crippen LogP contribution in [-0.4, -0.2) is 23.1 Å². The van der Waals surface area contributed by atoms with Gasteiger partial charge in [-0.1, -0.05) is 38.1 Å². The van der Waals surface area contributed by atoms with Crippen LogP contribution in [-0.2, 0) is 13.2 Å². The van der Waals surface area contributed by atoms with Crippen LogP contribution in [0.2, 0.25) is 0 Å². The van der Waals surface area contributed by atoms with Crippen molar-refractivity contribution in [1.82, 2.24) is 4.90 Å². The average molecular weight is 247 g/mol. The maximum absolute atomic E-state index is 9.03. The number of rotatable bonds is 3. The third-order valence-corrected chi connectivity index (χ3v) is 4.04. The Morgan fingerprint density at radius 3 is 2.39 bits per heavy atom. The van der Waals surface area contributed by atoms with Crippen LogP contribution in [0.25, 0.3) is 0 Å². The van der Waals surface area contributed by atoms with Crippen molar-refractivity contribution in [3.05, 3.63) is 35.4 Å². The van der Waals surface area contributed by atoms with Gasteiger partial charge in [0.25, 0.3) is 0 Å². The van der Waals surface area contributed by atoms with Crippen molar-refractivity contribution in [3.63, 3.8) is 0 Å². The summed E-state index contributed by atoms with van der Waals surface area (Å²) in [5.41, 5.74) is 2.86. The maximum Gasteiger partial charge on any atom is 0.0681 e. The van der Waals surface area contributed by atoms with E-state index >= 15 is 0 Å². The van der Waals surface area contributed by atoms with Crippen LogP contribution in [0.15, 0.2) is 24.3 Å². The van der Waals surface area contributed by atoms with Gasteiger partial charge in [-0.2, -0.15) is 0 Å². The van der Waals surface area contributed by atoms with Crippen LogP contribution in [0.1, 0.15) is 44.2 Å². The first-order valence-electron chi connectivity index (χ1n) is 7.00. The van der Waals surface area contributed by atoms with Gasteiger partial charge in [0.15, 0.2) is 0 Å². The van der Waals surface area contributed by atoms with Crippen LogP contribution in [0.5, 0.6) is 0 Å². The number of hydrogen-bond acceptors (Lipinski definition) is 2. The van der Waals surface area contributed by atoms with Crippen LogP contribution >= 0.6 is 0 Å². The van der Waals surface area contributed by atoms with Gasteiger partial charge in [0.05, 0.1) is 6.61 Å². The van der Waals surface area contributed by atoms with Gasteiger partial charge in [-0.05, 0) is 48.9 Å². The lowest BCUT2D eigenvalue weighted by molar-refractivity contribution is 0.255. The van der Waals surface area contributed by atoms with Gasteiger partial charge in [0, 0.05) is 6.54 Å². The minimum atomic E-state index is 0.137. The number of benzene rings is 1. The molecule has 2 nitrogen and oxygen atoms in total. The van der Waals surface area contributed by atoms with E-state index in [1.165, 1.54) is 37.9 Å². The number of aliphatic hydroxyl groups is 1. The Morgan fingerprint density at radius 2 is 1.72 bits per heavy atom. The fraction of sp³-hybridized carbons (Fsp3) is 0.625. The van der Waals surface area contributed by atoms with Gasteiger partial charge in [-0.3, -0.25) is 4.90 Å². The van der Waals surface area contributed by atoms with Crippen LogP contribution < -0.4 is 0 Å². The molecule has 0 unspecified atom stereocenters. The lowest BCUT2D eigenvalue weighted by Gasteiger charge is -2.23. The van der Waals surface area contributed by atoms with Gasteiger partial charge in [-0.15, -0.1) is 0 Å². The SMILES string of the molecule is CC1(C)CCCN(Cc2ccc(CO)cc2)CC1. The summed E-state index contributed by atoms with van der Waals surface area (Å²) in [7, 11) is 0. The average Bonchev–Trinajstić information content (AvgIpc) is 2.52. The van der Waals surface area contributed by atoms with E-state index in [0.717, 1.165) is 12.1 Å². The molecule has 1 heterocycles. The summed E-state index contributed by atoms with van der Waals surface area (Å²) in [6, 6.07) is 8.33. The molecular weight excluding hydrogens is 222 g/mol. The molecule has 1 saturated heterocycles. The number of aliphatic hydroxyl groups excluding tert-OH is 1. The minimum Gasteiger partial charge on any atom is -0.392 e. The smallest absolute Gasteiger partial charge is 0.0681 e. The normalized spacial score (nSPS) is 20.6. The highest BCUT2D eigenvalue weighted by molar-refractivity contribution is 5.21. The second kappa shape index (κ2) is 5.85. The Bertz CT molecular complexity index is 369. The van der Waals surface area contributed by atoms with E-state index in [0.29, 0.717) is 5.41 Å². The Labute approximate surface area is 111 Å². The van der Waals surface area contributed by atoms with E-state index in [-0.39, 0.29) is 6.61 Å². The molecule has 1 aromatic rings. The highest BCUT2D eigenvalue weighted by Crippen LogP contribution is 2.30. The molecule has 18 heavy (non-hydrogen) atoms. The van der Waals surface area contributed by atoms with E-state index < -0.39 is 0 Å². The quantitative estimate of drug-likeness (QED) is 0.886. The lowest BCUT2D eigenvalue weighted by atomic mass is 9.85. The molecule has 0 aromatic heterocycles. The Hall–Kier alpha value is -0.860. The molecule has 1 fully saturated rings. The molecule has 1 N–H and O–H groups in total. The van der Waals surface area contributed by atoms with Crippen LogP contribution in [0, 0.1) is 5.41 Å². The van der Waals surface area contributed by atoms with Gasteiger partial charge >= 0.3 is 0 Å². The van der Waals surface area contributed by atoms with Crippen molar-refractivity contribution < 1.29 is 5.11 Å². The van der Waals surface area contributed by atoms with Gasteiger partial charge in [0.1, 0.15) is 0 Å². The van der Waals surface area contributed by atoms with E-state index in [9.17, 15) is 0 Å². The second-order valence-electron chi connectivity index (χ2n) is 6.27. The fourth-order valence-electron chi connectivity index (χ4n) is 2.65. The van der Waals surface area contributed by atoms with Gasteiger partial charge in [0.2, 0.25) is 0 Å². The zero-order chi connectivity index (χ0) is 13.0. The van der Waals surface area contributed by atoms with Crippen LogP contribution in [0.4, 0.5) is 0 Å². The molecule has 0 saturated carbocycles. The largest absolute Gasteiger partial charge is 0.392 e. The lowest BCUT2D eigenvalue weighted by Crippen LogP contribution is -2.25. The summed E-state index contributed by atoms with van der Waals surface area (Å²) in [4.78, 5) is 2.56. The maximum atomic E-state index is 9.03. The molecule has 1 aromatic carbocycles. The van der Waals surface area contributed by atoms with Crippen molar-refractivity contribution in [3.8, 4) is 0 Å². The monoisotopic (exact) mass is 247 g/mol. The zero-order valence-electron chi connectivity index (χ0n) is 11.7. The van der Waals surface area contributed by atoms with Gasteiger partial charge < -0.3 is 5.11 Å². The molecule has 0 atom stereocenters. The molecule has 0 bridgehead atoms. The molecule has 0 amide bonds. The summed E-state index contributed by atoms with van der Waals surface area (Å²) in [5.74, 6) is 0. The highest BCUT2D eigenvalue weighted by Gasteiger charge is 2.22. The van der Waals surface area contributed by atoms with E-state index in [1.807, 2.05) is 12.1 Å². The Morgan fingerprint density at radius 1 is 1.06 bits per heavy atom. The second-order valence-corrected chi connectivity index (χ2v) is 6.27. The molecule has 0 spiro atoms. The minimum absolute atomic E-state index is 0.137. The van der Waals surface area contributed by atoms with E-state index in [2.05, 4.69) is 30.9 Å². The number of likely N-dealkylation sites (tertiary alicyclic amines) is 1. The first-order chi connectivity index (χ1) is 8.59. The first kappa shape index (κ1) is 13.6. The predicted octanol–water partition coefficient (Wildman–Crippen LogP) is 3.19. The molecule has 1 aliphatic heterocycles. The summed E-state index contributed by atoms with van der Waals surface area (Å²) in [6.07, 6.45) is 3.94. The third kappa shape index (κ3) is 3.82. The molecule has 0 aliphatic carbocycles. The highest BCUT2D eigenvalue weighted by atomic mass is 16.3. The molecule has 100 valence electrons. The summed E-state index contributed by atoms with van der Waals surface area (Å²) in [5, 5.41) is 9.03. The zero-order valence-corrected chi connectivity index (χ0v) is 11.7. The molecule has 0 radical (unpaired) electrons. The van der Waals surface area contributed by atoms with Crippen molar-refractivity contribution in [2.75, 3.05) is 13.1 Å². The fourth-order valence-corrected chi connectivity index (χ4v) is 2.65. The predicted molar refractivity (Wildman–Crippen MR) is 75.3 cm³/mol. The Balaban J connectivity index is 1.92. The Kier molecular flexibility index (Phi) is 4.41. The van der Waals surface area contributed by atoms with Crippen LogP contribution in [0.3, 0.4) is 0 Å². The first-order valence-corrected chi connectivity index (χ1v) is 7.00. The number of hydrogen-bond donors (Lipinski definition) is 1. The van der Waals surface area contributed by atoms with Crippen molar-refractivity contribution in [2.45, 2.75) is 46.3 Å². The van der Waals surface area contributed by atoms with Crippen molar-refractivity contribution >= 4 is 0 Å². The number of nitrogens with zero attached hydrogens (tertiary/aromatic N) is 1. The molecule has 1 aliphatic rings. The molecule has 2 rings (SSSR count). The third-order valence-electron chi connectivity index (χ3n) is 4.04. The molecule has 2 heteroatoms. The van der Waals surface area contributed by atoms with Gasteiger partial charge in [-0.25, -0.2) is 0 Å². The summed E-state index contributed by atoms with van der Waals surface area (Å²) >= 11 is 0. The molecular formula is C16H25NO. The van der Waals surface area contributed by atoms with E-state index in [1.54, 1.807) is 0 Å². The topological polar surface area (TPSA) is 23.5 Å². The summed E-state index contributed by atoms with van der Waals surface area (Å²) in [6.45, 7) is 8.36. The summed E-state index contributed by atoms with van der Waals surface area (Å²) < 4.78 is 0. The van der Waals surface area contributed by atoms with Crippen molar-refractivity contribution in [2.24, 2.45) is 5.41 Å². The standard InChI is InChI=1S/C16H25NO/c1-16(2)8-3-10-17(11-9-16)12-14-4-6-15(13-18)7-5-14/h4-7,18H,3,8-13H2,1-2H3.